The van der Waals surface area contributed by atoms with Gasteiger partial charge in [-0.05, 0) is 30.7 Å². The fourth-order valence-electron chi connectivity index (χ4n) is 3.49. The number of likely N-dealkylation sites (tertiary alicyclic amines) is 1. The van der Waals surface area contributed by atoms with Crippen molar-refractivity contribution in [3.63, 3.8) is 0 Å². The smallest absolute Gasteiger partial charge is 0.227 e. The van der Waals surface area contributed by atoms with E-state index in [-0.39, 0.29) is 36.3 Å². The summed E-state index contributed by atoms with van der Waals surface area (Å²) in [6.07, 6.45) is 1.74. The van der Waals surface area contributed by atoms with Crippen LogP contribution in [-0.4, -0.2) is 29.9 Å². The second-order valence-electron chi connectivity index (χ2n) is 6.00. The van der Waals surface area contributed by atoms with Crippen molar-refractivity contribution in [3.05, 3.63) is 35.1 Å². The van der Waals surface area contributed by atoms with E-state index in [1.54, 1.807) is 4.90 Å². The molecule has 1 aliphatic heterocycles. The number of hydrogen-bond donors (Lipinski definition) is 1. The molecule has 1 heterocycles. The van der Waals surface area contributed by atoms with E-state index >= 15 is 0 Å². The molecule has 2 aliphatic rings. The van der Waals surface area contributed by atoms with Crippen LogP contribution in [0.1, 0.15) is 18.4 Å². The quantitative estimate of drug-likeness (QED) is 0.843. The number of hydrogen-bond acceptors (Lipinski definition) is 2. The second kappa shape index (κ2) is 6.46. The third-order valence-electron chi connectivity index (χ3n) is 4.70. The Morgan fingerprint density at radius 1 is 1.14 bits per heavy atom. The minimum absolute atomic E-state index is 0. The van der Waals surface area contributed by atoms with Gasteiger partial charge in [-0.1, -0.05) is 0 Å². The Labute approximate surface area is 133 Å². The Morgan fingerprint density at radius 2 is 1.82 bits per heavy atom. The molecule has 1 aromatic carbocycles. The van der Waals surface area contributed by atoms with Gasteiger partial charge in [-0.3, -0.25) is 4.79 Å². The van der Waals surface area contributed by atoms with Gasteiger partial charge in [0.25, 0.3) is 0 Å². The number of fused-ring (bicyclic) bond motifs is 1. The lowest BCUT2D eigenvalue weighted by atomic mass is 9.98. The third-order valence-corrected chi connectivity index (χ3v) is 4.70. The molecule has 122 valence electrons. The van der Waals surface area contributed by atoms with Crippen molar-refractivity contribution in [3.8, 4) is 0 Å². The molecule has 0 bridgehead atoms. The summed E-state index contributed by atoms with van der Waals surface area (Å²) in [5, 5.41) is 0. The molecule has 1 saturated heterocycles. The number of benzene rings is 1. The summed E-state index contributed by atoms with van der Waals surface area (Å²) in [4.78, 5) is 13.9. The molecule has 3 atom stereocenters. The van der Waals surface area contributed by atoms with E-state index in [1.807, 2.05) is 0 Å². The zero-order valence-corrected chi connectivity index (χ0v) is 12.7. The molecule has 1 amide bonds. The van der Waals surface area contributed by atoms with Crippen molar-refractivity contribution in [1.29, 1.82) is 0 Å². The van der Waals surface area contributed by atoms with Gasteiger partial charge in [-0.2, -0.15) is 0 Å². The van der Waals surface area contributed by atoms with Crippen LogP contribution >= 0.6 is 12.4 Å². The van der Waals surface area contributed by atoms with E-state index in [0.717, 1.165) is 18.9 Å². The van der Waals surface area contributed by atoms with Gasteiger partial charge in [0.2, 0.25) is 5.91 Å². The maximum absolute atomic E-state index is 13.6. The first-order chi connectivity index (χ1) is 9.95. The molecule has 2 fully saturated rings. The van der Waals surface area contributed by atoms with Gasteiger partial charge in [-0.15, -0.1) is 12.4 Å². The number of nitrogens with two attached hydrogens (primary N) is 1. The van der Waals surface area contributed by atoms with Gasteiger partial charge in [-0.25, -0.2) is 13.2 Å². The van der Waals surface area contributed by atoms with Crippen molar-refractivity contribution in [2.24, 2.45) is 17.6 Å². The molecule has 1 saturated carbocycles. The van der Waals surface area contributed by atoms with Crippen LogP contribution in [0.5, 0.6) is 0 Å². The average Bonchev–Trinajstić information content (AvgIpc) is 2.99. The molecular formula is C15H18ClF3N2O. The van der Waals surface area contributed by atoms with E-state index in [9.17, 15) is 18.0 Å². The molecule has 7 heteroatoms. The molecule has 2 N–H and O–H groups in total. The minimum Gasteiger partial charge on any atom is -0.342 e. The molecule has 3 rings (SSSR count). The molecule has 0 aromatic heterocycles. The highest BCUT2D eigenvalue weighted by atomic mass is 35.5. The Morgan fingerprint density at radius 3 is 2.50 bits per heavy atom. The fraction of sp³-hybridized carbons (Fsp3) is 0.533. The minimum atomic E-state index is -1.25. The van der Waals surface area contributed by atoms with Gasteiger partial charge in [0.05, 0.1) is 6.42 Å². The highest BCUT2D eigenvalue weighted by molar-refractivity contribution is 5.85. The van der Waals surface area contributed by atoms with Crippen molar-refractivity contribution >= 4 is 18.3 Å². The second-order valence-corrected chi connectivity index (χ2v) is 6.00. The highest BCUT2D eigenvalue weighted by Crippen LogP contribution is 2.37. The van der Waals surface area contributed by atoms with E-state index in [1.165, 1.54) is 0 Å². The summed E-state index contributed by atoms with van der Waals surface area (Å²) in [5.74, 6) is -2.81. The molecule has 0 radical (unpaired) electrons. The predicted octanol–water partition coefficient (Wildman–Crippen LogP) is 2.26. The topological polar surface area (TPSA) is 46.3 Å². The Bertz CT molecular complexity index is 584. The van der Waals surface area contributed by atoms with E-state index < -0.39 is 17.5 Å². The van der Waals surface area contributed by atoms with E-state index in [2.05, 4.69) is 0 Å². The summed E-state index contributed by atoms with van der Waals surface area (Å²) in [6.45, 7) is 1.21. The predicted molar refractivity (Wildman–Crippen MR) is 78.0 cm³/mol. The van der Waals surface area contributed by atoms with Crippen molar-refractivity contribution in [2.75, 3.05) is 13.1 Å². The lowest BCUT2D eigenvalue weighted by molar-refractivity contribution is -0.129. The Kier molecular flexibility index (Phi) is 5.02. The molecule has 1 aliphatic carbocycles. The number of carbonyl (C=O) groups excluding carboxylic acids is 1. The molecule has 1 aromatic rings. The third kappa shape index (κ3) is 3.08. The Balaban J connectivity index is 0.00000176. The van der Waals surface area contributed by atoms with Crippen molar-refractivity contribution < 1.29 is 18.0 Å². The highest BCUT2D eigenvalue weighted by Gasteiger charge is 2.42. The van der Waals surface area contributed by atoms with Gasteiger partial charge in [0, 0.05) is 30.8 Å². The normalized spacial score (nSPS) is 26.7. The van der Waals surface area contributed by atoms with E-state index in [4.69, 9.17) is 5.73 Å². The van der Waals surface area contributed by atoms with E-state index in [0.29, 0.717) is 31.0 Å². The zero-order valence-electron chi connectivity index (χ0n) is 11.9. The van der Waals surface area contributed by atoms with Crippen molar-refractivity contribution in [1.82, 2.24) is 4.90 Å². The Hall–Kier alpha value is -1.27. The van der Waals surface area contributed by atoms with Crippen LogP contribution < -0.4 is 5.73 Å². The van der Waals surface area contributed by atoms with Gasteiger partial charge >= 0.3 is 0 Å². The SMILES string of the molecule is Cl.NC1CCC2CN(C(=O)Cc3cc(F)c(F)cc3F)CC12. The molecular weight excluding hydrogens is 317 g/mol. The van der Waals surface area contributed by atoms with Gasteiger partial charge in [0.15, 0.2) is 11.6 Å². The maximum atomic E-state index is 13.6. The van der Waals surface area contributed by atoms with Crippen LogP contribution in [0.2, 0.25) is 0 Å². The van der Waals surface area contributed by atoms with Gasteiger partial charge in [0.1, 0.15) is 5.82 Å². The van der Waals surface area contributed by atoms with Crippen LogP contribution in [0.25, 0.3) is 0 Å². The largest absolute Gasteiger partial charge is 0.342 e. The summed E-state index contributed by atoms with van der Waals surface area (Å²) < 4.78 is 39.6. The number of halogens is 4. The van der Waals surface area contributed by atoms with Crippen LogP contribution in [0.15, 0.2) is 12.1 Å². The number of rotatable bonds is 2. The summed E-state index contributed by atoms with van der Waals surface area (Å²) in [7, 11) is 0. The first kappa shape index (κ1) is 17.1. The fourth-order valence-corrected chi connectivity index (χ4v) is 3.49. The first-order valence-corrected chi connectivity index (χ1v) is 7.12. The molecule has 3 unspecified atom stereocenters. The van der Waals surface area contributed by atoms with Crippen LogP contribution in [-0.2, 0) is 11.2 Å². The lowest BCUT2D eigenvalue weighted by Crippen LogP contribution is -2.34. The molecule has 3 nitrogen and oxygen atoms in total. The number of amides is 1. The lowest BCUT2D eigenvalue weighted by Gasteiger charge is -2.19. The molecule has 0 spiro atoms. The van der Waals surface area contributed by atoms with Crippen molar-refractivity contribution in [2.45, 2.75) is 25.3 Å². The summed E-state index contributed by atoms with van der Waals surface area (Å²) >= 11 is 0. The summed E-state index contributed by atoms with van der Waals surface area (Å²) in [5.41, 5.74) is 5.90. The van der Waals surface area contributed by atoms with Crippen LogP contribution in [0, 0.1) is 29.3 Å². The average molecular weight is 335 g/mol. The summed E-state index contributed by atoms with van der Waals surface area (Å²) in [6, 6.07) is 1.35. The molecule has 22 heavy (non-hydrogen) atoms. The monoisotopic (exact) mass is 334 g/mol. The van der Waals surface area contributed by atoms with Crippen LogP contribution in [0.3, 0.4) is 0 Å². The zero-order chi connectivity index (χ0) is 15.1. The number of carbonyl (C=O) groups is 1. The van der Waals surface area contributed by atoms with Gasteiger partial charge < -0.3 is 10.6 Å². The number of nitrogens with zero attached hydrogens (tertiary/aromatic N) is 1. The maximum Gasteiger partial charge on any atom is 0.227 e. The first-order valence-electron chi connectivity index (χ1n) is 7.12. The standard InChI is InChI=1S/C15H17F3N2O.ClH/c16-11-5-13(18)12(17)3-9(11)4-15(21)20-6-8-1-2-14(19)10(8)7-20;/h3,5,8,10,14H,1-2,4,6-7,19H2;1H. The van der Waals surface area contributed by atoms with Crippen LogP contribution in [0.4, 0.5) is 13.2 Å².